The monoisotopic (exact) mass is 528 g/mol. The summed E-state index contributed by atoms with van der Waals surface area (Å²) < 4.78 is 77.1. The summed E-state index contributed by atoms with van der Waals surface area (Å²) in [6.45, 7) is 0. The summed E-state index contributed by atoms with van der Waals surface area (Å²) in [5, 5.41) is 0. The van der Waals surface area contributed by atoms with Crippen LogP contribution in [0.1, 0.15) is 0 Å². The molecule has 14 heteroatoms. The molecule has 0 heterocycles. The van der Waals surface area contributed by atoms with E-state index in [1.807, 2.05) is 0 Å². The molecule has 0 aliphatic carbocycles. The molecular weight excluding hydrogens is 530 g/mol. The van der Waals surface area contributed by atoms with Crippen molar-refractivity contribution in [2.75, 3.05) is 0 Å². The van der Waals surface area contributed by atoms with E-state index in [1.165, 1.54) is 0 Å². The molecule has 0 aliphatic heterocycles. The van der Waals surface area contributed by atoms with Gasteiger partial charge in [0.05, 0.1) is 0 Å². The Kier molecular flexibility index (Phi) is 53.7. The van der Waals surface area contributed by atoms with Crippen molar-refractivity contribution in [3.63, 3.8) is 0 Å². The molecule has 0 unspecified atom stereocenters. The van der Waals surface area contributed by atoms with Gasteiger partial charge in [-0.25, -0.2) is 0 Å². The van der Waals surface area contributed by atoms with Gasteiger partial charge in [0, 0.05) is 40.8 Å². The van der Waals surface area contributed by atoms with Gasteiger partial charge in [-0.1, -0.05) is 0 Å². The third-order valence-corrected chi connectivity index (χ3v) is 0. The molecule has 0 aromatic heterocycles. The smallest absolute Gasteiger partial charge is 3.00 e. The van der Waals surface area contributed by atoms with E-state index < -0.39 is 46.2 Å². The molecule has 0 fully saturated rings. The van der Waals surface area contributed by atoms with E-state index in [4.69, 9.17) is 34.1 Å². The molecular formula is NdO9V3Y. The van der Waals surface area contributed by atoms with Crippen molar-refractivity contribution in [2.24, 2.45) is 0 Å². The molecule has 76 valence electrons. The Morgan fingerprint density at radius 2 is 0.571 bits per heavy atom. The first-order valence-corrected chi connectivity index (χ1v) is 6.77. The van der Waals surface area contributed by atoms with Crippen LogP contribution in [0.5, 0.6) is 0 Å². The van der Waals surface area contributed by atoms with Crippen LogP contribution in [-0.2, 0) is 101 Å². The van der Waals surface area contributed by atoms with Crippen LogP contribution in [-0.4, -0.2) is 0 Å². The van der Waals surface area contributed by atoms with E-state index >= 15 is 0 Å². The minimum atomic E-state index is -3.94. The topological polar surface area (TPSA) is 172 Å². The molecule has 0 aromatic rings. The summed E-state index contributed by atoms with van der Waals surface area (Å²) in [4.78, 5) is 0. The van der Waals surface area contributed by atoms with Gasteiger partial charge < -0.3 is 0 Å². The van der Waals surface area contributed by atoms with E-state index in [9.17, 15) is 0 Å². The second kappa shape index (κ2) is 24.9. The fourth-order valence-electron chi connectivity index (χ4n) is 0. The summed E-state index contributed by atoms with van der Waals surface area (Å²) >= 11 is -11.8. The molecule has 0 spiro atoms. The maximum Gasteiger partial charge on any atom is 3.00 e. The Bertz CT molecular complexity index is 213. The van der Waals surface area contributed by atoms with E-state index in [0.717, 1.165) is 0 Å². The Labute approximate surface area is 151 Å². The molecule has 0 aromatic carbocycles. The first-order valence-electron chi connectivity index (χ1n) is 1.64. The van der Waals surface area contributed by atoms with Gasteiger partial charge in [-0.3, -0.25) is 0 Å². The van der Waals surface area contributed by atoms with Gasteiger partial charge in [-0.2, -0.15) is 0 Å². The van der Waals surface area contributed by atoms with Crippen LogP contribution < -0.4 is 12.1 Å². The Balaban J connectivity index is -0.0000000270. The first-order chi connectivity index (χ1) is 5.20. The number of rotatable bonds is 0. The molecule has 14 heavy (non-hydrogen) atoms. The molecule has 0 amide bonds. The maximum atomic E-state index is 8.56. The van der Waals surface area contributed by atoms with Gasteiger partial charge >= 0.3 is 113 Å². The van der Waals surface area contributed by atoms with Crippen molar-refractivity contribution < 1.29 is 154 Å². The zero-order chi connectivity index (χ0) is 10.7. The van der Waals surface area contributed by atoms with Gasteiger partial charge in [0.25, 0.3) is 0 Å². The van der Waals surface area contributed by atoms with E-state index in [1.54, 1.807) is 0 Å². The largest absolute Gasteiger partial charge is 3.00 e. The minimum absolute atomic E-state index is 0. The van der Waals surface area contributed by atoms with Crippen LogP contribution in [0.2, 0.25) is 0 Å². The van der Waals surface area contributed by atoms with Crippen LogP contribution in [0.15, 0.2) is 0 Å². The number of hydrogen-bond donors (Lipinski definition) is 0. The Morgan fingerprint density at radius 1 is 0.571 bits per heavy atom. The normalized spacial score (nSPS) is 5.36. The third-order valence-electron chi connectivity index (χ3n) is 0. The second-order valence-corrected chi connectivity index (χ2v) is 2.77. The molecule has 0 radical (unpaired) electrons. The zero-order valence-electron chi connectivity index (χ0n) is 6.09. The predicted octanol–water partition coefficient (Wildman–Crippen LogP) is -4.29. The van der Waals surface area contributed by atoms with Gasteiger partial charge in [-0.05, 0) is 0 Å². The van der Waals surface area contributed by atoms with Crippen molar-refractivity contribution in [1.82, 2.24) is 0 Å². The zero-order valence-corrected chi connectivity index (χ0v) is 16.3. The van der Waals surface area contributed by atoms with Gasteiger partial charge in [0.2, 0.25) is 0 Å². The van der Waals surface area contributed by atoms with Crippen LogP contribution in [0.3, 0.4) is 0 Å². The Hall–Kier alpha value is 2.89. The molecule has 0 atom stereocenters. The fourth-order valence-corrected chi connectivity index (χ4v) is 0. The Morgan fingerprint density at radius 3 is 0.571 bits per heavy atom. The van der Waals surface area contributed by atoms with Gasteiger partial charge in [0.15, 0.2) is 0 Å². The third kappa shape index (κ3) is 344. The molecule has 0 aliphatic rings. The summed E-state index contributed by atoms with van der Waals surface area (Å²) in [6.07, 6.45) is 0. The summed E-state index contributed by atoms with van der Waals surface area (Å²) in [5.41, 5.74) is 0. The molecule has 0 rings (SSSR count). The van der Waals surface area contributed by atoms with E-state index in [0.29, 0.717) is 0 Å². The minimum Gasteiger partial charge on any atom is 3.00 e. The standard InChI is InChI=1S/Nd.9O.3V.Y/q;;;;;;;3*-1;;;;+3. The predicted molar refractivity (Wildman–Crippen MR) is 4.12 cm³/mol. The quantitative estimate of drug-likeness (QED) is 0.301. The average molecular weight is 530 g/mol. The van der Waals surface area contributed by atoms with Crippen molar-refractivity contribution in [3.8, 4) is 0 Å². The SMILES string of the molecule is [Nd].[O]=[V](=[O])[O-].[O]=[V](=[O])[O-].[O]=[V](=[O])[O-].[Y+3]. The van der Waals surface area contributed by atoms with Crippen molar-refractivity contribution in [2.45, 2.75) is 0 Å². The van der Waals surface area contributed by atoms with Crippen molar-refractivity contribution >= 4 is 0 Å². The summed E-state index contributed by atoms with van der Waals surface area (Å²) in [5.74, 6) is 0. The summed E-state index contributed by atoms with van der Waals surface area (Å²) in [6, 6.07) is 0. The average Bonchev–Trinajstić information content (AvgIpc) is 1.54. The van der Waals surface area contributed by atoms with Crippen molar-refractivity contribution in [3.05, 3.63) is 0 Å². The molecule has 9 nitrogen and oxygen atoms in total. The van der Waals surface area contributed by atoms with E-state index in [2.05, 4.69) is 0 Å². The van der Waals surface area contributed by atoms with Gasteiger partial charge in [0.1, 0.15) is 0 Å². The van der Waals surface area contributed by atoms with Crippen LogP contribution in [0.4, 0.5) is 0 Å². The molecule has 0 saturated heterocycles. The van der Waals surface area contributed by atoms with Gasteiger partial charge in [-0.15, -0.1) is 0 Å². The molecule has 0 saturated carbocycles. The molecule has 0 N–H and O–H groups in total. The van der Waals surface area contributed by atoms with Crippen LogP contribution in [0, 0.1) is 40.8 Å². The maximum absolute atomic E-state index is 8.56. The van der Waals surface area contributed by atoms with E-state index in [-0.39, 0.29) is 73.5 Å². The van der Waals surface area contributed by atoms with Crippen LogP contribution >= 0.6 is 0 Å². The summed E-state index contributed by atoms with van der Waals surface area (Å²) in [7, 11) is 0. The van der Waals surface area contributed by atoms with Crippen molar-refractivity contribution in [1.29, 1.82) is 0 Å². The first kappa shape index (κ1) is 30.2. The fraction of sp³-hybridized carbons (Fsp3) is 0. The molecule has 0 bridgehead atoms. The number of hydrogen-bond acceptors (Lipinski definition) is 9. The van der Waals surface area contributed by atoms with Crippen LogP contribution in [0.25, 0.3) is 0 Å². The second-order valence-electron chi connectivity index (χ2n) is 0.671.